The van der Waals surface area contributed by atoms with Crippen molar-refractivity contribution in [1.29, 1.82) is 0 Å². The molecule has 5 nitrogen and oxygen atoms in total. The van der Waals surface area contributed by atoms with Gasteiger partial charge in [0.25, 0.3) is 0 Å². The molecule has 2 aromatic rings. The number of fused-ring (bicyclic) bond motifs is 1. The Morgan fingerprint density at radius 3 is 2.79 bits per heavy atom. The van der Waals surface area contributed by atoms with E-state index in [-0.39, 0.29) is 12.3 Å². The van der Waals surface area contributed by atoms with Crippen LogP contribution in [-0.2, 0) is 16.0 Å². The highest BCUT2D eigenvalue weighted by atomic mass is 16.5. The van der Waals surface area contributed by atoms with E-state index in [2.05, 4.69) is 0 Å². The number of rotatable bonds is 4. The summed E-state index contributed by atoms with van der Waals surface area (Å²) in [6.07, 6.45) is 1.41. The van der Waals surface area contributed by atoms with Crippen LogP contribution in [0.15, 0.2) is 36.4 Å². The Labute approximate surface area is 140 Å². The fourth-order valence-corrected chi connectivity index (χ4v) is 3.44. The first-order chi connectivity index (χ1) is 11.5. The Bertz CT molecular complexity index is 801. The van der Waals surface area contributed by atoms with E-state index in [0.29, 0.717) is 13.0 Å². The summed E-state index contributed by atoms with van der Waals surface area (Å²) >= 11 is 0. The minimum atomic E-state index is -1.10. The van der Waals surface area contributed by atoms with Crippen LogP contribution in [0.2, 0.25) is 0 Å². The van der Waals surface area contributed by atoms with Crippen LogP contribution in [0.1, 0.15) is 25.3 Å². The SMILES string of the molecule is COc1ccc2cccc(CC(=O)N3CCCC3(C)C(=O)O)c2c1. The number of benzene rings is 2. The van der Waals surface area contributed by atoms with Gasteiger partial charge in [0.05, 0.1) is 13.5 Å². The molecule has 0 aromatic heterocycles. The number of carboxylic acids is 1. The molecule has 0 aliphatic carbocycles. The van der Waals surface area contributed by atoms with Gasteiger partial charge < -0.3 is 14.7 Å². The van der Waals surface area contributed by atoms with E-state index in [0.717, 1.165) is 28.5 Å². The number of carbonyl (C=O) groups is 2. The van der Waals surface area contributed by atoms with Crippen molar-refractivity contribution in [1.82, 2.24) is 4.90 Å². The van der Waals surface area contributed by atoms with Crippen LogP contribution < -0.4 is 4.74 Å². The Balaban J connectivity index is 1.92. The van der Waals surface area contributed by atoms with Gasteiger partial charge in [0, 0.05) is 6.54 Å². The summed E-state index contributed by atoms with van der Waals surface area (Å²) < 4.78 is 5.27. The summed E-state index contributed by atoms with van der Waals surface area (Å²) in [5.41, 5.74) is -0.213. The van der Waals surface area contributed by atoms with Crippen molar-refractivity contribution in [2.24, 2.45) is 0 Å². The predicted molar refractivity (Wildman–Crippen MR) is 91.2 cm³/mol. The molecular formula is C19H21NO4. The van der Waals surface area contributed by atoms with Crippen LogP contribution in [0.4, 0.5) is 0 Å². The van der Waals surface area contributed by atoms with E-state index in [9.17, 15) is 14.7 Å². The molecule has 5 heteroatoms. The Hall–Kier alpha value is -2.56. The quantitative estimate of drug-likeness (QED) is 0.938. The van der Waals surface area contributed by atoms with Gasteiger partial charge >= 0.3 is 5.97 Å². The summed E-state index contributed by atoms with van der Waals surface area (Å²) in [7, 11) is 1.61. The summed E-state index contributed by atoms with van der Waals surface area (Å²) in [4.78, 5) is 25.8. The van der Waals surface area contributed by atoms with Gasteiger partial charge in [-0.15, -0.1) is 0 Å². The summed E-state index contributed by atoms with van der Waals surface area (Å²) in [5, 5.41) is 11.5. The number of hydrogen-bond acceptors (Lipinski definition) is 3. The maximum absolute atomic E-state index is 12.8. The number of carboxylic acid groups (broad SMARTS) is 1. The monoisotopic (exact) mass is 327 g/mol. The fraction of sp³-hybridized carbons (Fsp3) is 0.368. The van der Waals surface area contributed by atoms with E-state index >= 15 is 0 Å². The van der Waals surface area contributed by atoms with Crippen LogP contribution in [0.25, 0.3) is 10.8 Å². The highest BCUT2D eigenvalue weighted by Crippen LogP contribution is 2.31. The van der Waals surface area contributed by atoms with Gasteiger partial charge in [-0.2, -0.15) is 0 Å². The predicted octanol–water partition coefficient (Wildman–Crippen LogP) is 2.86. The van der Waals surface area contributed by atoms with Gasteiger partial charge in [0.2, 0.25) is 5.91 Å². The Morgan fingerprint density at radius 1 is 1.29 bits per heavy atom. The molecule has 0 radical (unpaired) electrons. The van der Waals surface area contributed by atoms with Crippen LogP contribution in [0, 0.1) is 0 Å². The molecule has 1 saturated heterocycles. The number of carbonyl (C=O) groups excluding carboxylic acids is 1. The van der Waals surface area contributed by atoms with Crippen molar-refractivity contribution in [2.45, 2.75) is 31.7 Å². The van der Waals surface area contributed by atoms with Crippen LogP contribution in [0.3, 0.4) is 0 Å². The number of hydrogen-bond donors (Lipinski definition) is 1. The number of ether oxygens (including phenoxy) is 1. The standard InChI is InChI=1S/C19H21NO4/c1-19(18(22)23)9-4-10-20(19)17(21)11-14-6-3-5-13-7-8-15(24-2)12-16(13)14/h3,5-8,12H,4,9-11H2,1-2H3,(H,22,23). The Kier molecular flexibility index (Phi) is 4.18. The van der Waals surface area contributed by atoms with E-state index in [1.54, 1.807) is 14.0 Å². The fourth-order valence-electron chi connectivity index (χ4n) is 3.44. The number of amides is 1. The lowest BCUT2D eigenvalue weighted by Crippen LogP contribution is -2.51. The summed E-state index contributed by atoms with van der Waals surface area (Å²) in [6.45, 7) is 2.13. The zero-order chi connectivity index (χ0) is 17.3. The summed E-state index contributed by atoms with van der Waals surface area (Å²) in [5.74, 6) is -0.348. The van der Waals surface area contributed by atoms with Gasteiger partial charge in [0.1, 0.15) is 11.3 Å². The maximum atomic E-state index is 12.8. The molecule has 2 aromatic carbocycles. The van der Waals surface area contributed by atoms with Gasteiger partial charge in [-0.25, -0.2) is 4.79 Å². The largest absolute Gasteiger partial charge is 0.497 e. The average molecular weight is 327 g/mol. The smallest absolute Gasteiger partial charge is 0.329 e. The molecule has 0 bridgehead atoms. The second-order valence-electron chi connectivity index (χ2n) is 6.41. The third-order valence-corrected chi connectivity index (χ3v) is 4.92. The average Bonchev–Trinajstić information content (AvgIpc) is 2.98. The maximum Gasteiger partial charge on any atom is 0.329 e. The molecule has 1 N–H and O–H groups in total. The van der Waals surface area contributed by atoms with E-state index in [1.165, 1.54) is 4.90 Å². The molecule has 1 unspecified atom stereocenters. The van der Waals surface area contributed by atoms with E-state index in [4.69, 9.17) is 4.74 Å². The Morgan fingerprint density at radius 2 is 2.08 bits per heavy atom. The second-order valence-corrected chi connectivity index (χ2v) is 6.41. The molecule has 1 aliphatic rings. The summed E-state index contributed by atoms with van der Waals surface area (Å²) in [6, 6.07) is 11.6. The first-order valence-electron chi connectivity index (χ1n) is 8.05. The van der Waals surface area contributed by atoms with Gasteiger partial charge in [0.15, 0.2) is 0 Å². The minimum Gasteiger partial charge on any atom is -0.497 e. The zero-order valence-corrected chi connectivity index (χ0v) is 13.9. The second kappa shape index (κ2) is 6.15. The lowest BCUT2D eigenvalue weighted by Gasteiger charge is -2.31. The van der Waals surface area contributed by atoms with Crippen molar-refractivity contribution < 1.29 is 19.4 Å². The van der Waals surface area contributed by atoms with Crippen molar-refractivity contribution in [3.05, 3.63) is 42.0 Å². The van der Waals surface area contributed by atoms with Crippen molar-refractivity contribution >= 4 is 22.6 Å². The van der Waals surface area contributed by atoms with E-state index < -0.39 is 11.5 Å². The molecule has 1 atom stereocenters. The highest BCUT2D eigenvalue weighted by Gasteiger charge is 2.45. The third-order valence-electron chi connectivity index (χ3n) is 4.92. The van der Waals surface area contributed by atoms with Crippen LogP contribution in [-0.4, -0.2) is 41.1 Å². The van der Waals surface area contributed by atoms with Gasteiger partial charge in [-0.3, -0.25) is 4.79 Å². The van der Waals surface area contributed by atoms with Gasteiger partial charge in [-0.1, -0.05) is 24.3 Å². The van der Waals surface area contributed by atoms with Crippen LogP contribution in [0.5, 0.6) is 5.75 Å². The highest BCUT2D eigenvalue weighted by molar-refractivity contribution is 5.93. The first-order valence-corrected chi connectivity index (χ1v) is 8.05. The molecular weight excluding hydrogens is 306 g/mol. The lowest BCUT2D eigenvalue weighted by molar-refractivity contribution is -0.155. The molecule has 1 heterocycles. The van der Waals surface area contributed by atoms with Crippen molar-refractivity contribution in [3.8, 4) is 5.75 Å². The lowest BCUT2D eigenvalue weighted by atomic mass is 9.97. The number of aliphatic carboxylic acids is 1. The first kappa shape index (κ1) is 16.3. The molecule has 24 heavy (non-hydrogen) atoms. The normalized spacial score (nSPS) is 20.3. The molecule has 1 amide bonds. The zero-order valence-electron chi connectivity index (χ0n) is 13.9. The van der Waals surface area contributed by atoms with Crippen molar-refractivity contribution in [3.63, 3.8) is 0 Å². The van der Waals surface area contributed by atoms with Crippen LogP contribution >= 0.6 is 0 Å². The molecule has 1 fully saturated rings. The number of methoxy groups -OCH3 is 1. The third kappa shape index (κ3) is 2.70. The number of nitrogens with zero attached hydrogens (tertiary/aromatic N) is 1. The van der Waals surface area contributed by atoms with E-state index in [1.807, 2.05) is 36.4 Å². The molecule has 0 spiro atoms. The minimum absolute atomic E-state index is 0.146. The molecule has 1 aliphatic heterocycles. The molecule has 0 saturated carbocycles. The van der Waals surface area contributed by atoms with Crippen molar-refractivity contribution in [2.75, 3.05) is 13.7 Å². The molecule has 3 rings (SSSR count). The number of likely N-dealkylation sites (tertiary alicyclic amines) is 1. The topological polar surface area (TPSA) is 66.8 Å². The molecule has 126 valence electrons. The van der Waals surface area contributed by atoms with Gasteiger partial charge in [-0.05, 0) is 48.2 Å².